The zero-order valence-corrected chi connectivity index (χ0v) is 15.1. The Labute approximate surface area is 151 Å². The molecule has 0 fully saturated rings. The topological polar surface area (TPSA) is 154 Å². The molecule has 0 aliphatic heterocycles. The number of rotatable bonds is 10. The van der Waals surface area contributed by atoms with Gasteiger partial charge in [-0.15, -0.1) is 0 Å². The lowest BCUT2D eigenvalue weighted by atomic mass is 10.1. The molecule has 3 atom stereocenters. The van der Waals surface area contributed by atoms with Gasteiger partial charge in [0.05, 0.1) is 19.3 Å². The highest BCUT2D eigenvalue weighted by atomic mass is 16.5. The molecule has 1 heterocycles. The van der Waals surface area contributed by atoms with E-state index in [0.717, 1.165) is 6.26 Å². The summed E-state index contributed by atoms with van der Waals surface area (Å²) >= 11 is 0. The highest BCUT2D eigenvalue weighted by Crippen LogP contribution is 2.14. The van der Waals surface area contributed by atoms with Crippen molar-refractivity contribution in [2.75, 3.05) is 13.2 Å². The van der Waals surface area contributed by atoms with Crippen LogP contribution < -0.4 is 11.1 Å². The Morgan fingerprint density at radius 3 is 2.54 bits per heavy atom. The first-order valence-electron chi connectivity index (χ1n) is 8.32. The van der Waals surface area contributed by atoms with Gasteiger partial charge in [-0.3, -0.25) is 9.59 Å². The molecule has 0 saturated carbocycles. The lowest BCUT2D eigenvalue weighted by Crippen LogP contribution is -2.42. The number of amides is 1. The van der Waals surface area contributed by atoms with Crippen molar-refractivity contribution in [2.45, 2.75) is 51.8 Å². The fourth-order valence-electron chi connectivity index (χ4n) is 1.97. The number of aromatic nitrogens is 1. The van der Waals surface area contributed by atoms with E-state index in [1.54, 1.807) is 13.8 Å². The fourth-order valence-corrected chi connectivity index (χ4v) is 1.97. The second-order valence-electron chi connectivity index (χ2n) is 5.46. The average molecular weight is 371 g/mol. The van der Waals surface area contributed by atoms with Crippen LogP contribution in [0, 0.1) is 0 Å². The van der Waals surface area contributed by atoms with Gasteiger partial charge in [-0.25, -0.2) is 9.78 Å². The highest BCUT2D eigenvalue weighted by molar-refractivity contribution is 5.95. The first kappa shape index (κ1) is 21.6. The van der Waals surface area contributed by atoms with Crippen molar-refractivity contribution in [2.24, 2.45) is 5.73 Å². The van der Waals surface area contributed by atoms with Crippen LogP contribution in [0.4, 0.5) is 0 Å². The van der Waals surface area contributed by atoms with E-state index in [-0.39, 0.29) is 37.6 Å². The van der Waals surface area contributed by atoms with Gasteiger partial charge in [-0.2, -0.15) is 0 Å². The number of hydrogen-bond donors (Lipinski definition) is 3. The Morgan fingerprint density at radius 1 is 1.31 bits per heavy atom. The van der Waals surface area contributed by atoms with Crippen LogP contribution in [-0.2, 0) is 19.1 Å². The molecule has 1 amide bonds. The molecule has 1 rings (SSSR count). The molecule has 10 heteroatoms. The van der Waals surface area contributed by atoms with Crippen molar-refractivity contribution in [1.82, 2.24) is 10.3 Å². The molecule has 1 aromatic heterocycles. The van der Waals surface area contributed by atoms with Gasteiger partial charge in [0.1, 0.15) is 18.3 Å². The van der Waals surface area contributed by atoms with E-state index in [4.69, 9.17) is 19.6 Å². The molecule has 26 heavy (non-hydrogen) atoms. The van der Waals surface area contributed by atoms with E-state index in [1.807, 2.05) is 0 Å². The van der Waals surface area contributed by atoms with E-state index in [9.17, 15) is 19.5 Å². The quantitative estimate of drug-likeness (QED) is 0.484. The first-order valence-corrected chi connectivity index (χ1v) is 8.32. The van der Waals surface area contributed by atoms with Crippen LogP contribution in [0.2, 0.25) is 0 Å². The number of nitrogens with zero attached hydrogens (tertiary/aromatic N) is 1. The number of hydrogen-bond acceptors (Lipinski definition) is 9. The van der Waals surface area contributed by atoms with Gasteiger partial charge in [-0.05, 0) is 27.2 Å². The number of ether oxygens (including phenoxy) is 2. The zero-order chi connectivity index (χ0) is 19.7. The number of aliphatic hydroxyl groups is 1. The summed E-state index contributed by atoms with van der Waals surface area (Å²) in [5.41, 5.74) is 5.58. The zero-order valence-electron chi connectivity index (χ0n) is 15.1. The van der Waals surface area contributed by atoms with Gasteiger partial charge in [0, 0.05) is 6.42 Å². The minimum Gasteiger partial charge on any atom is -0.466 e. The third-order valence-electron chi connectivity index (χ3n) is 3.38. The summed E-state index contributed by atoms with van der Waals surface area (Å²) < 4.78 is 14.8. The van der Waals surface area contributed by atoms with E-state index in [0.29, 0.717) is 0 Å². The largest absolute Gasteiger partial charge is 0.466 e. The SMILES string of the molecule is CCOC(=O)CCC(NC(=O)c1coc(C(N)C(C)O)n1)C(=O)OCC. The lowest BCUT2D eigenvalue weighted by Gasteiger charge is -2.16. The number of carbonyl (C=O) groups is 3. The standard InChI is InChI=1S/C16H25N3O7/c1-4-24-12(21)7-6-10(16(23)25-5-2)18-14(22)11-8-26-15(19-11)13(17)9(3)20/h8-10,13,20H,4-7,17H2,1-3H3,(H,18,22). The predicted molar refractivity (Wildman–Crippen MR) is 88.9 cm³/mol. The van der Waals surface area contributed by atoms with E-state index < -0.39 is 36.0 Å². The maximum Gasteiger partial charge on any atom is 0.328 e. The summed E-state index contributed by atoms with van der Waals surface area (Å²) in [7, 11) is 0. The smallest absolute Gasteiger partial charge is 0.328 e. The van der Waals surface area contributed by atoms with Crippen molar-refractivity contribution in [1.29, 1.82) is 0 Å². The lowest BCUT2D eigenvalue weighted by molar-refractivity contribution is -0.146. The van der Waals surface area contributed by atoms with Gasteiger partial charge in [0.2, 0.25) is 5.89 Å². The van der Waals surface area contributed by atoms with Gasteiger partial charge in [-0.1, -0.05) is 0 Å². The Kier molecular flexibility index (Phi) is 8.73. The molecule has 0 saturated heterocycles. The summed E-state index contributed by atoms with van der Waals surface area (Å²) in [5, 5.41) is 11.9. The van der Waals surface area contributed by atoms with Crippen molar-refractivity contribution in [3.8, 4) is 0 Å². The highest BCUT2D eigenvalue weighted by Gasteiger charge is 2.26. The summed E-state index contributed by atoms with van der Waals surface area (Å²) in [4.78, 5) is 39.7. The molecule has 0 aliphatic rings. The van der Waals surface area contributed by atoms with Crippen LogP contribution >= 0.6 is 0 Å². The molecule has 0 aromatic carbocycles. The van der Waals surface area contributed by atoms with E-state index in [1.165, 1.54) is 6.92 Å². The second-order valence-corrected chi connectivity index (χ2v) is 5.46. The maximum absolute atomic E-state index is 12.3. The number of esters is 2. The molecule has 0 aliphatic carbocycles. The van der Waals surface area contributed by atoms with Crippen molar-refractivity contribution >= 4 is 17.8 Å². The molecule has 3 unspecified atom stereocenters. The van der Waals surface area contributed by atoms with Crippen LogP contribution in [0.3, 0.4) is 0 Å². The summed E-state index contributed by atoms with van der Waals surface area (Å²) in [5.74, 6) is -1.86. The van der Waals surface area contributed by atoms with Crippen molar-refractivity contribution in [3.05, 3.63) is 17.8 Å². The number of aliphatic hydroxyl groups excluding tert-OH is 1. The number of carbonyl (C=O) groups excluding carboxylic acids is 3. The number of oxazole rings is 1. The van der Waals surface area contributed by atoms with Crippen molar-refractivity contribution in [3.63, 3.8) is 0 Å². The maximum atomic E-state index is 12.3. The van der Waals surface area contributed by atoms with Crippen LogP contribution in [0.25, 0.3) is 0 Å². The summed E-state index contributed by atoms with van der Waals surface area (Å²) in [6.45, 7) is 5.11. The molecule has 1 aromatic rings. The van der Waals surface area contributed by atoms with Crippen LogP contribution in [0.5, 0.6) is 0 Å². The van der Waals surface area contributed by atoms with Gasteiger partial charge in [0.25, 0.3) is 5.91 Å². The normalized spacial score (nSPS) is 14.2. The monoisotopic (exact) mass is 371 g/mol. The molecule has 146 valence electrons. The molecule has 0 spiro atoms. The van der Waals surface area contributed by atoms with Gasteiger partial charge >= 0.3 is 11.9 Å². The molecule has 4 N–H and O–H groups in total. The Morgan fingerprint density at radius 2 is 1.96 bits per heavy atom. The Hall–Kier alpha value is -2.46. The summed E-state index contributed by atoms with van der Waals surface area (Å²) in [6, 6.07) is -1.93. The Bertz CT molecular complexity index is 615. The summed E-state index contributed by atoms with van der Waals surface area (Å²) in [6.07, 6.45) is 0.109. The second kappa shape index (κ2) is 10.5. The minimum absolute atomic E-state index is 0.00985. The van der Waals surface area contributed by atoms with Crippen molar-refractivity contribution < 1.29 is 33.4 Å². The van der Waals surface area contributed by atoms with Gasteiger partial charge < -0.3 is 30.0 Å². The van der Waals surface area contributed by atoms with Crippen LogP contribution in [0.1, 0.15) is 56.0 Å². The third-order valence-corrected chi connectivity index (χ3v) is 3.38. The van der Waals surface area contributed by atoms with Crippen LogP contribution in [0.15, 0.2) is 10.7 Å². The predicted octanol–water partition coefficient (Wildman–Crippen LogP) is 0.0600. The van der Waals surface area contributed by atoms with E-state index in [2.05, 4.69) is 10.3 Å². The van der Waals surface area contributed by atoms with E-state index >= 15 is 0 Å². The first-order chi connectivity index (χ1) is 12.3. The molecule has 0 radical (unpaired) electrons. The number of nitrogens with one attached hydrogen (secondary N) is 1. The Balaban J connectivity index is 2.77. The van der Waals surface area contributed by atoms with Gasteiger partial charge in [0.15, 0.2) is 5.69 Å². The molecular weight excluding hydrogens is 346 g/mol. The minimum atomic E-state index is -1.04. The third kappa shape index (κ3) is 6.45. The molecular formula is C16H25N3O7. The fraction of sp³-hybridized carbons (Fsp3) is 0.625. The molecule has 10 nitrogen and oxygen atoms in total. The molecule has 0 bridgehead atoms. The average Bonchev–Trinajstić information content (AvgIpc) is 3.08. The number of nitrogens with two attached hydrogens (primary N) is 1. The van der Waals surface area contributed by atoms with Crippen LogP contribution in [-0.4, -0.2) is 53.3 Å².